The van der Waals surface area contributed by atoms with Crippen LogP contribution in [-0.4, -0.2) is 14.8 Å². The van der Waals surface area contributed by atoms with Crippen LogP contribution in [0.15, 0.2) is 5.38 Å². The summed E-state index contributed by atoms with van der Waals surface area (Å²) in [5.74, 6) is 0. The molecule has 0 spiro atoms. The van der Waals surface area contributed by atoms with Gasteiger partial charge in [-0.3, -0.25) is 4.68 Å². The number of nitrogens with zero attached hydrogens (tertiary/aromatic N) is 3. The largest absolute Gasteiger partial charge is 0.322 e. The molecule has 1 atom stereocenters. The van der Waals surface area contributed by atoms with Crippen LogP contribution in [0.1, 0.15) is 43.2 Å². The van der Waals surface area contributed by atoms with Gasteiger partial charge in [0.25, 0.3) is 0 Å². The van der Waals surface area contributed by atoms with Crippen LogP contribution in [0.2, 0.25) is 0 Å². The van der Waals surface area contributed by atoms with Gasteiger partial charge in [0.15, 0.2) is 0 Å². The summed E-state index contributed by atoms with van der Waals surface area (Å²) in [6, 6.07) is -0.0384. The van der Waals surface area contributed by atoms with Crippen LogP contribution in [0, 0.1) is 19.3 Å². The smallest absolute Gasteiger partial charge is 0.111 e. The molecule has 2 N–H and O–H groups in total. The van der Waals surface area contributed by atoms with Crippen molar-refractivity contribution in [1.82, 2.24) is 14.8 Å². The summed E-state index contributed by atoms with van der Waals surface area (Å²) in [6.45, 7) is 10.5. The summed E-state index contributed by atoms with van der Waals surface area (Å²) in [5, 5.41) is 7.51. The van der Waals surface area contributed by atoms with Gasteiger partial charge in [-0.25, -0.2) is 4.98 Å². The highest BCUT2D eigenvalue weighted by molar-refractivity contribution is 7.10. The number of aryl methyl sites for hydroxylation is 2. The van der Waals surface area contributed by atoms with Gasteiger partial charge in [-0.05, 0) is 19.3 Å². The van der Waals surface area contributed by atoms with E-state index in [1.807, 2.05) is 18.7 Å². The molecular formula is C14H22N4S. The molecule has 0 saturated carbocycles. The highest BCUT2D eigenvalue weighted by atomic mass is 32.1. The summed E-state index contributed by atoms with van der Waals surface area (Å²) in [6.07, 6.45) is 0. The standard InChI is InChI=1S/C14H22N4S/c1-8-11(9(2)18(6)17-8)10-7-19-13(16-10)12(15)14(3,4)5/h7,12H,15H2,1-6H3. The van der Waals surface area contributed by atoms with E-state index in [2.05, 4.69) is 38.2 Å². The molecule has 0 bridgehead atoms. The third-order valence-corrected chi connectivity index (χ3v) is 4.41. The van der Waals surface area contributed by atoms with E-state index in [0.29, 0.717) is 0 Å². The number of nitrogens with two attached hydrogens (primary N) is 1. The summed E-state index contributed by atoms with van der Waals surface area (Å²) < 4.78 is 1.90. The fourth-order valence-electron chi connectivity index (χ4n) is 2.06. The summed E-state index contributed by atoms with van der Waals surface area (Å²) in [5.41, 5.74) is 10.6. The lowest BCUT2D eigenvalue weighted by Crippen LogP contribution is -2.26. The second kappa shape index (κ2) is 4.72. The Kier molecular flexibility index (Phi) is 3.53. The second-order valence-corrected chi connectivity index (χ2v) is 6.97. The van der Waals surface area contributed by atoms with Crippen LogP contribution in [0.4, 0.5) is 0 Å². The molecule has 19 heavy (non-hydrogen) atoms. The lowest BCUT2D eigenvalue weighted by atomic mass is 9.88. The van der Waals surface area contributed by atoms with Crippen LogP contribution in [0.25, 0.3) is 11.3 Å². The van der Waals surface area contributed by atoms with Crippen molar-refractivity contribution in [2.75, 3.05) is 0 Å². The zero-order valence-electron chi connectivity index (χ0n) is 12.5. The zero-order chi connectivity index (χ0) is 14.4. The van der Waals surface area contributed by atoms with E-state index in [4.69, 9.17) is 10.7 Å². The van der Waals surface area contributed by atoms with Crippen molar-refractivity contribution in [1.29, 1.82) is 0 Å². The molecule has 2 aromatic heterocycles. The molecule has 0 aliphatic carbocycles. The first kappa shape index (κ1) is 14.2. The molecule has 0 radical (unpaired) electrons. The maximum Gasteiger partial charge on any atom is 0.111 e. The minimum absolute atomic E-state index is 0.0220. The van der Waals surface area contributed by atoms with Crippen LogP contribution in [0.3, 0.4) is 0 Å². The first-order chi connectivity index (χ1) is 8.71. The third-order valence-electron chi connectivity index (χ3n) is 3.49. The molecule has 1 unspecified atom stereocenters. The number of hydrogen-bond acceptors (Lipinski definition) is 4. The Morgan fingerprint density at radius 2 is 1.95 bits per heavy atom. The van der Waals surface area contributed by atoms with Crippen LogP contribution in [-0.2, 0) is 7.05 Å². The van der Waals surface area contributed by atoms with E-state index in [0.717, 1.165) is 27.7 Å². The summed E-state index contributed by atoms with van der Waals surface area (Å²) in [4.78, 5) is 4.72. The number of aromatic nitrogens is 3. The fourth-order valence-corrected chi connectivity index (χ4v) is 3.11. The molecule has 2 rings (SSSR count). The van der Waals surface area contributed by atoms with Crippen LogP contribution in [0.5, 0.6) is 0 Å². The normalized spacial score (nSPS) is 13.8. The van der Waals surface area contributed by atoms with Crippen molar-refractivity contribution < 1.29 is 0 Å². The number of thiazole rings is 1. The van der Waals surface area contributed by atoms with Crippen molar-refractivity contribution in [3.63, 3.8) is 0 Å². The van der Waals surface area contributed by atoms with Crippen molar-refractivity contribution >= 4 is 11.3 Å². The van der Waals surface area contributed by atoms with E-state index in [1.165, 1.54) is 0 Å². The van der Waals surface area contributed by atoms with Crippen molar-refractivity contribution in [3.8, 4) is 11.3 Å². The van der Waals surface area contributed by atoms with E-state index < -0.39 is 0 Å². The predicted molar refractivity (Wildman–Crippen MR) is 80.2 cm³/mol. The highest BCUT2D eigenvalue weighted by Gasteiger charge is 2.26. The highest BCUT2D eigenvalue weighted by Crippen LogP contribution is 2.35. The molecule has 0 aliphatic heterocycles. The van der Waals surface area contributed by atoms with Gasteiger partial charge in [0.1, 0.15) is 5.01 Å². The molecule has 4 nitrogen and oxygen atoms in total. The molecule has 0 fully saturated rings. The molecule has 2 heterocycles. The second-order valence-electron chi connectivity index (χ2n) is 6.08. The lowest BCUT2D eigenvalue weighted by Gasteiger charge is -2.24. The monoisotopic (exact) mass is 278 g/mol. The number of hydrogen-bond donors (Lipinski definition) is 1. The van der Waals surface area contributed by atoms with Crippen LogP contribution >= 0.6 is 11.3 Å². The first-order valence-corrected chi connectivity index (χ1v) is 7.31. The van der Waals surface area contributed by atoms with Gasteiger partial charge in [0.2, 0.25) is 0 Å². The predicted octanol–water partition coefficient (Wildman–Crippen LogP) is 3.21. The molecular weight excluding hydrogens is 256 g/mol. The minimum atomic E-state index is -0.0384. The lowest BCUT2D eigenvalue weighted by molar-refractivity contribution is 0.326. The molecule has 0 aromatic carbocycles. The minimum Gasteiger partial charge on any atom is -0.322 e. The Morgan fingerprint density at radius 3 is 2.42 bits per heavy atom. The summed E-state index contributed by atoms with van der Waals surface area (Å²) in [7, 11) is 1.96. The quantitative estimate of drug-likeness (QED) is 0.917. The van der Waals surface area contributed by atoms with E-state index in [9.17, 15) is 0 Å². The Balaban J connectivity index is 2.42. The van der Waals surface area contributed by atoms with Gasteiger partial charge >= 0.3 is 0 Å². The van der Waals surface area contributed by atoms with Gasteiger partial charge in [0, 0.05) is 23.7 Å². The maximum absolute atomic E-state index is 6.27. The van der Waals surface area contributed by atoms with Gasteiger partial charge in [-0.1, -0.05) is 20.8 Å². The van der Waals surface area contributed by atoms with Gasteiger partial charge in [0.05, 0.1) is 17.4 Å². The van der Waals surface area contributed by atoms with E-state index >= 15 is 0 Å². The Labute approximate surface area is 118 Å². The Bertz CT molecular complexity index is 589. The molecule has 2 aromatic rings. The fraction of sp³-hybridized carbons (Fsp3) is 0.571. The van der Waals surface area contributed by atoms with Gasteiger partial charge in [-0.15, -0.1) is 11.3 Å². The topological polar surface area (TPSA) is 56.7 Å². The van der Waals surface area contributed by atoms with Crippen molar-refractivity contribution in [2.45, 2.75) is 40.7 Å². The van der Waals surface area contributed by atoms with Crippen molar-refractivity contribution in [3.05, 3.63) is 21.8 Å². The number of rotatable bonds is 2. The molecule has 0 saturated heterocycles. The Morgan fingerprint density at radius 1 is 1.32 bits per heavy atom. The molecule has 104 valence electrons. The van der Waals surface area contributed by atoms with Gasteiger partial charge < -0.3 is 5.73 Å². The average molecular weight is 278 g/mol. The average Bonchev–Trinajstić information content (AvgIpc) is 2.83. The van der Waals surface area contributed by atoms with Crippen LogP contribution < -0.4 is 5.73 Å². The SMILES string of the molecule is Cc1nn(C)c(C)c1-c1csc(C(N)C(C)(C)C)n1. The van der Waals surface area contributed by atoms with Gasteiger partial charge in [-0.2, -0.15) is 5.10 Å². The molecule has 0 amide bonds. The molecule has 0 aliphatic rings. The third kappa shape index (κ3) is 2.58. The van der Waals surface area contributed by atoms with E-state index in [1.54, 1.807) is 11.3 Å². The maximum atomic E-state index is 6.27. The van der Waals surface area contributed by atoms with Crippen molar-refractivity contribution in [2.24, 2.45) is 18.2 Å². The van der Waals surface area contributed by atoms with E-state index in [-0.39, 0.29) is 11.5 Å². The first-order valence-electron chi connectivity index (χ1n) is 6.43. The molecule has 5 heteroatoms. The summed E-state index contributed by atoms with van der Waals surface area (Å²) >= 11 is 1.63. The Hall–Kier alpha value is -1.20. The zero-order valence-corrected chi connectivity index (χ0v) is 13.3.